The highest BCUT2D eigenvalue weighted by molar-refractivity contribution is 5.48. The average molecular weight is 176 g/mol. The lowest BCUT2D eigenvalue weighted by Gasteiger charge is -2.15. The fourth-order valence-electron chi connectivity index (χ4n) is 1.36. The van der Waals surface area contributed by atoms with Crippen molar-refractivity contribution in [2.75, 3.05) is 0 Å². The van der Waals surface area contributed by atoms with Gasteiger partial charge >= 0.3 is 0 Å². The summed E-state index contributed by atoms with van der Waals surface area (Å²) in [5.41, 5.74) is 1.15. The lowest BCUT2D eigenvalue weighted by molar-refractivity contribution is -0.119. The third-order valence-corrected chi connectivity index (χ3v) is 2.27. The van der Waals surface area contributed by atoms with E-state index in [4.69, 9.17) is 0 Å². The molecule has 1 fully saturated rings. The number of amides is 1. The van der Waals surface area contributed by atoms with Gasteiger partial charge in [0.05, 0.1) is 0 Å². The van der Waals surface area contributed by atoms with Gasteiger partial charge in [0.1, 0.15) is 0 Å². The van der Waals surface area contributed by atoms with Crippen molar-refractivity contribution in [2.24, 2.45) is 0 Å². The Kier molecular flexibility index (Phi) is 2.25. The Balaban J connectivity index is 1.99. The Labute approximate surface area is 77.4 Å². The van der Waals surface area contributed by atoms with Gasteiger partial charge in [-0.1, -0.05) is 0 Å². The minimum Gasteiger partial charge on any atom is -0.338 e. The van der Waals surface area contributed by atoms with Crippen molar-refractivity contribution >= 4 is 6.41 Å². The number of rotatable bonds is 4. The molecule has 0 radical (unpaired) electrons. The maximum Gasteiger partial charge on any atom is 0.210 e. The van der Waals surface area contributed by atoms with E-state index in [9.17, 15) is 4.79 Å². The van der Waals surface area contributed by atoms with E-state index in [1.807, 2.05) is 17.0 Å². The molecule has 0 bridgehead atoms. The van der Waals surface area contributed by atoms with Gasteiger partial charge in [0.2, 0.25) is 6.41 Å². The zero-order valence-corrected chi connectivity index (χ0v) is 7.39. The highest BCUT2D eigenvalue weighted by atomic mass is 16.1. The van der Waals surface area contributed by atoms with E-state index in [1.165, 1.54) is 0 Å². The van der Waals surface area contributed by atoms with Crippen LogP contribution in [0.2, 0.25) is 0 Å². The Hall–Kier alpha value is -1.38. The summed E-state index contributed by atoms with van der Waals surface area (Å²) in [7, 11) is 0. The van der Waals surface area contributed by atoms with Crippen molar-refractivity contribution in [3.63, 3.8) is 0 Å². The van der Waals surface area contributed by atoms with Crippen LogP contribution in [0.1, 0.15) is 18.4 Å². The molecule has 0 aliphatic heterocycles. The summed E-state index contributed by atoms with van der Waals surface area (Å²) in [5.74, 6) is 0. The topological polar surface area (TPSA) is 33.2 Å². The van der Waals surface area contributed by atoms with E-state index in [-0.39, 0.29) is 0 Å². The van der Waals surface area contributed by atoms with Gasteiger partial charge in [0.15, 0.2) is 0 Å². The van der Waals surface area contributed by atoms with Crippen molar-refractivity contribution in [3.05, 3.63) is 30.1 Å². The van der Waals surface area contributed by atoms with Crippen molar-refractivity contribution < 1.29 is 4.79 Å². The number of hydrogen-bond donors (Lipinski definition) is 0. The van der Waals surface area contributed by atoms with Crippen molar-refractivity contribution in [1.82, 2.24) is 9.88 Å². The second kappa shape index (κ2) is 3.56. The molecule has 0 aromatic carbocycles. The van der Waals surface area contributed by atoms with E-state index < -0.39 is 0 Å². The van der Waals surface area contributed by atoms with Crippen LogP contribution in [0.4, 0.5) is 0 Å². The highest BCUT2D eigenvalue weighted by Gasteiger charge is 2.27. The molecule has 2 rings (SSSR count). The van der Waals surface area contributed by atoms with Crippen LogP contribution in [0.5, 0.6) is 0 Å². The summed E-state index contributed by atoms with van der Waals surface area (Å²) >= 11 is 0. The summed E-state index contributed by atoms with van der Waals surface area (Å²) in [4.78, 5) is 16.5. The standard InChI is InChI=1S/C10H12N2O/c13-8-12(10-1-2-10)7-9-3-5-11-6-4-9/h3-6,8,10H,1-2,7H2. The normalized spacial score (nSPS) is 15.4. The predicted octanol–water partition coefficient (Wildman–Crippen LogP) is 1.20. The van der Waals surface area contributed by atoms with Crippen molar-refractivity contribution in [2.45, 2.75) is 25.4 Å². The van der Waals surface area contributed by atoms with Crippen LogP contribution in [-0.2, 0) is 11.3 Å². The maximum absolute atomic E-state index is 10.7. The number of carbonyl (C=O) groups is 1. The SMILES string of the molecule is O=CN(Cc1ccncc1)C1CC1. The molecule has 0 atom stereocenters. The van der Waals surface area contributed by atoms with Crippen LogP contribution in [-0.4, -0.2) is 22.3 Å². The third kappa shape index (κ3) is 2.05. The first-order valence-electron chi connectivity index (χ1n) is 4.50. The van der Waals surface area contributed by atoms with Crippen molar-refractivity contribution in [1.29, 1.82) is 0 Å². The average Bonchev–Trinajstić information content (AvgIpc) is 2.99. The molecule has 1 aromatic heterocycles. The molecular weight excluding hydrogens is 164 g/mol. The predicted molar refractivity (Wildman–Crippen MR) is 48.9 cm³/mol. The number of hydrogen-bond acceptors (Lipinski definition) is 2. The molecule has 1 saturated carbocycles. The Morgan fingerprint density at radius 2 is 2.15 bits per heavy atom. The molecule has 0 unspecified atom stereocenters. The molecule has 68 valence electrons. The molecule has 0 N–H and O–H groups in total. The second-order valence-corrected chi connectivity index (χ2v) is 3.36. The van der Waals surface area contributed by atoms with Crippen LogP contribution in [0.15, 0.2) is 24.5 Å². The van der Waals surface area contributed by atoms with Gasteiger partial charge in [0, 0.05) is 25.0 Å². The molecule has 1 amide bonds. The smallest absolute Gasteiger partial charge is 0.210 e. The lowest BCUT2D eigenvalue weighted by atomic mass is 10.2. The lowest BCUT2D eigenvalue weighted by Crippen LogP contribution is -2.23. The van der Waals surface area contributed by atoms with Crippen LogP contribution >= 0.6 is 0 Å². The molecule has 13 heavy (non-hydrogen) atoms. The Morgan fingerprint density at radius 3 is 2.69 bits per heavy atom. The quantitative estimate of drug-likeness (QED) is 0.646. The van der Waals surface area contributed by atoms with Crippen molar-refractivity contribution in [3.8, 4) is 0 Å². The van der Waals surface area contributed by atoms with Gasteiger partial charge in [0.25, 0.3) is 0 Å². The molecule has 0 spiro atoms. The van der Waals surface area contributed by atoms with E-state index in [2.05, 4.69) is 4.98 Å². The van der Waals surface area contributed by atoms with Crippen LogP contribution in [0.25, 0.3) is 0 Å². The molecular formula is C10H12N2O. The summed E-state index contributed by atoms with van der Waals surface area (Å²) in [6.07, 6.45) is 6.77. The molecule has 3 heteroatoms. The van der Waals surface area contributed by atoms with Gasteiger partial charge in [-0.25, -0.2) is 0 Å². The fraction of sp³-hybridized carbons (Fsp3) is 0.400. The number of aromatic nitrogens is 1. The largest absolute Gasteiger partial charge is 0.338 e. The van der Waals surface area contributed by atoms with E-state index in [0.29, 0.717) is 6.04 Å². The maximum atomic E-state index is 10.7. The molecule has 1 heterocycles. The first-order chi connectivity index (χ1) is 6.40. The zero-order chi connectivity index (χ0) is 9.10. The zero-order valence-electron chi connectivity index (χ0n) is 7.39. The Morgan fingerprint density at radius 1 is 1.46 bits per heavy atom. The molecule has 0 saturated heterocycles. The van der Waals surface area contributed by atoms with E-state index in [0.717, 1.165) is 31.4 Å². The fourth-order valence-corrected chi connectivity index (χ4v) is 1.36. The molecule has 1 aliphatic carbocycles. The van der Waals surface area contributed by atoms with Gasteiger partial charge < -0.3 is 4.90 Å². The van der Waals surface area contributed by atoms with E-state index >= 15 is 0 Å². The highest BCUT2D eigenvalue weighted by Crippen LogP contribution is 2.26. The van der Waals surface area contributed by atoms with Gasteiger partial charge in [-0.2, -0.15) is 0 Å². The number of pyridine rings is 1. The summed E-state index contributed by atoms with van der Waals surface area (Å²) in [5, 5.41) is 0. The van der Waals surface area contributed by atoms with Crippen LogP contribution in [0.3, 0.4) is 0 Å². The molecule has 3 nitrogen and oxygen atoms in total. The first kappa shape index (κ1) is 8.23. The second-order valence-electron chi connectivity index (χ2n) is 3.36. The van der Waals surface area contributed by atoms with Gasteiger partial charge in [-0.3, -0.25) is 9.78 Å². The first-order valence-corrected chi connectivity index (χ1v) is 4.50. The van der Waals surface area contributed by atoms with E-state index in [1.54, 1.807) is 12.4 Å². The summed E-state index contributed by atoms with van der Waals surface area (Å²) < 4.78 is 0. The summed E-state index contributed by atoms with van der Waals surface area (Å²) in [6, 6.07) is 4.38. The third-order valence-electron chi connectivity index (χ3n) is 2.27. The number of carbonyl (C=O) groups excluding carboxylic acids is 1. The Bertz CT molecular complexity index is 282. The number of nitrogens with zero attached hydrogens (tertiary/aromatic N) is 2. The molecule has 1 aliphatic rings. The van der Waals surface area contributed by atoms with Gasteiger partial charge in [-0.15, -0.1) is 0 Å². The summed E-state index contributed by atoms with van der Waals surface area (Å²) in [6.45, 7) is 0.719. The molecule has 1 aromatic rings. The monoisotopic (exact) mass is 176 g/mol. The minimum atomic E-state index is 0.491. The van der Waals surface area contributed by atoms with Crippen LogP contribution < -0.4 is 0 Å². The minimum absolute atomic E-state index is 0.491. The van der Waals surface area contributed by atoms with Gasteiger partial charge in [-0.05, 0) is 30.5 Å². The van der Waals surface area contributed by atoms with Crippen LogP contribution in [0, 0.1) is 0 Å².